The first-order valence-corrected chi connectivity index (χ1v) is 9.50. The number of amides is 2. The summed E-state index contributed by atoms with van der Waals surface area (Å²) in [4.78, 5) is 36.8. The van der Waals surface area contributed by atoms with Crippen LogP contribution in [0, 0.1) is 11.7 Å². The van der Waals surface area contributed by atoms with E-state index >= 15 is 0 Å². The van der Waals surface area contributed by atoms with Gasteiger partial charge in [-0.05, 0) is 37.1 Å². The molecule has 0 radical (unpaired) electrons. The molecule has 0 spiro atoms. The molecule has 0 atom stereocenters. The third-order valence-corrected chi connectivity index (χ3v) is 4.98. The van der Waals surface area contributed by atoms with Gasteiger partial charge in [0.1, 0.15) is 17.3 Å². The van der Waals surface area contributed by atoms with Crippen molar-refractivity contribution in [1.29, 1.82) is 0 Å². The molecule has 7 nitrogen and oxygen atoms in total. The van der Waals surface area contributed by atoms with Crippen LogP contribution in [0.3, 0.4) is 0 Å². The number of rotatable bonds is 7. The molecular weight excluding hydrogens is 379 g/mol. The maximum atomic E-state index is 13.8. The number of piperidine rings is 1. The number of benzene rings is 1. The summed E-state index contributed by atoms with van der Waals surface area (Å²) < 4.78 is 24.4. The Bertz CT molecular complexity index is 887. The number of hydrogen-bond donors (Lipinski definition) is 1. The lowest BCUT2D eigenvalue weighted by Gasteiger charge is -2.30. The third kappa shape index (κ3) is 5.43. The summed E-state index contributed by atoms with van der Waals surface area (Å²) in [6, 6.07) is 9.61. The second-order valence-electron chi connectivity index (χ2n) is 6.96. The third-order valence-electron chi connectivity index (χ3n) is 4.98. The van der Waals surface area contributed by atoms with Crippen LogP contribution in [0.5, 0.6) is 0 Å². The van der Waals surface area contributed by atoms with Crippen molar-refractivity contribution < 1.29 is 27.9 Å². The van der Waals surface area contributed by atoms with E-state index in [0.717, 1.165) is 0 Å². The molecule has 1 aromatic carbocycles. The molecule has 29 heavy (non-hydrogen) atoms. The highest BCUT2D eigenvalue weighted by Crippen LogP contribution is 2.25. The lowest BCUT2D eigenvalue weighted by Crippen LogP contribution is -2.43. The van der Waals surface area contributed by atoms with Gasteiger partial charge in [-0.25, -0.2) is 4.39 Å². The number of furan rings is 1. The van der Waals surface area contributed by atoms with Crippen LogP contribution in [-0.2, 0) is 25.5 Å². The minimum absolute atomic E-state index is 0.0429. The first-order chi connectivity index (χ1) is 13.9. The maximum Gasteiger partial charge on any atom is 0.306 e. The van der Waals surface area contributed by atoms with Crippen LogP contribution in [0.4, 0.5) is 4.39 Å². The van der Waals surface area contributed by atoms with Crippen molar-refractivity contribution in [3.63, 3.8) is 0 Å². The normalized spacial score (nSPS) is 14.6. The molecule has 3 rings (SSSR count). The molecule has 1 aliphatic rings. The van der Waals surface area contributed by atoms with E-state index in [4.69, 9.17) is 14.9 Å². The molecule has 1 fully saturated rings. The number of carbonyl (C=O) groups excluding carboxylic acids is 3. The summed E-state index contributed by atoms with van der Waals surface area (Å²) >= 11 is 0. The van der Waals surface area contributed by atoms with Gasteiger partial charge in [0.05, 0.1) is 12.0 Å². The Labute approximate surface area is 167 Å². The predicted octanol–water partition coefficient (Wildman–Crippen LogP) is 2.29. The summed E-state index contributed by atoms with van der Waals surface area (Å²) in [5.41, 5.74) is 5.63. The molecule has 0 aliphatic carbocycles. The Morgan fingerprint density at radius 1 is 1.14 bits per heavy atom. The standard InChI is InChI=1S/C21H23FN2O5/c22-17-4-2-1-3-16(17)18-7-5-15(29-18)6-8-20(26)28-13-19(25)24-11-9-14(10-12-24)21(23)27/h1-5,7,14H,6,8-13H2,(H2,23,27). The van der Waals surface area contributed by atoms with Crippen LogP contribution in [-0.4, -0.2) is 42.4 Å². The first kappa shape index (κ1) is 20.6. The lowest BCUT2D eigenvalue weighted by atomic mass is 9.96. The number of esters is 1. The van der Waals surface area contributed by atoms with Crippen molar-refractivity contribution in [1.82, 2.24) is 4.90 Å². The predicted molar refractivity (Wildman–Crippen MR) is 102 cm³/mol. The Morgan fingerprint density at radius 2 is 1.86 bits per heavy atom. The summed E-state index contributed by atoms with van der Waals surface area (Å²) in [6.07, 6.45) is 1.38. The molecule has 0 saturated carbocycles. The SMILES string of the molecule is NC(=O)C1CCN(C(=O)COC(=O)CCc2ccc(-c3ccccc3F)o2)CC1. The second-order valence-corrected chi connectivity index (χ2v) is 6.96. The molecule has 2 amide bonds. The highest BCUT2D eigenvalue weighted by atomic mass is 19.1. The van der Waals surface area contributed by atoms with Gasteiger partial charge in [0.2, 0.25) is 5.91 Å². The zero-order chi connectivity index (χ0) is 20.8. The van der Waals surface area contributed by atoms with Crippen molar-refractivity contribution >= 4 is 17.8 Å². The zero-order valence-corrected chi connectivity index (χ0v) is 15.9. The fourth-order valence-electron chi connectivity index (χ4n) is 3.26. The number of aryl methyl sites for hydroxylation is 1. The Kier molecular flexibility index (Phi) is 6.64. The first-order valence-electron chi connectivity index (χ1n) is 9.50. The molecule has 0 unspecified atom stereocenters. The number of ether oxygens (including phenoxy) is 1. The number of carbonyl (C=O) groups is 3. The molecular formula is C21H23FN2O5. The molecule has 2 heterocycles. The number of nitrogens with two attached hydrogens (primary N) is 1. The largest absolute Gasteiger partial charge is 0.461 e. The Morgan fingerprint density at radius 3 is 2.55 bits per heavy atom. The number of primary amides is 1. The molecule has 154 valence electrons. The number of nitrogens with zero attached hydrogens (tertiary/aromatic N) is 1. The van der Waals surface area contributed by atoms with Crippen molar-refractivity contribution in [2.45, 2.75) is 25.7 Å². The molecule has 0 bridgehead atoms. The second kappa shape index (κ2) is 9.36. The van der Waals surface area contributed by atoms with Crippen LogP contribution in [0.25, 0.3) is 11.3 Å². The smallest absolute Gasteiger partial charge is 0.306 e. The highest BCUT2D eigenvalue weighted by molar-refractivity contribution is 5.81. The van der Waals surface area contributed by atoms with E-state index in [-0.39, 0.29) is 43.0 Å². The van der Waals surface area contributed by atoms with E-state index < -0.39 is 5.97 Å². The number of halogens is 1. The van der Waals surface area contributed by atoms with E-state index in [9.17, 15) is 18.8 Å². The summed E-state index contributed by atoms with van der Waals surface area (Å²) in [7, 11) is 0. The molecule has 1 aromatic heterocycles. The fraction of sp³-hybridized carbons (Fsp3) is 0.381. The molecule has 8 heteroatoms. The van der Waals surface area contributed by atoms with Gasteiger partial charge in [-0.1, -0.05) is 12.1 Å². The van der Waals surface area contributed by atoms with Gasteiger partial charge < -0.3 is 19.8 Å². The minimum Gasteiger partial charge on any atom is -0.461 e. The van der Waals surface area contributed by atoms with E-state index in [1.54, 1.807) is 35.2 Å². The minimum atomic E-state index is -0.519. The van der Waals surface area contributed by atoms with Gasteiger partial charge in [0, 0.05) is 25.4 Å². The van der Waals surface area contributed by atoms with Gasteiger partial charge in [-0.2, -0.15) is 0 Å². The molecule has 2 N–H and O–H groups in total. The van der Waals surface area contributed by atoms with Gasteiger partial charge >= 0.3 is 5.97 Å². The number of likely N-dealkylation sites (tertiary alicyclic amines) is 1. The zero-order valence-electron chi connectivity index (χ0n) is 15.9. The highest BCUT2D eigenvalue weighted by Gasteiger charge is 2.26. The van der Waals surface area contributed by atoms with Gasteiger partial charge in [-0.3, -0.25) is 14.4 Å². The number of hydrogen-bond acceptors (Lipinski definition) is 5. The summed E-state index contributed by atoms with van der Waals surface area (Å²) in [5.74, 6) is -0.827. The van der Waals surface area contributed by atoms with Gasteiger partial charge in [-0.15, -0.1) is 0 Å². The van der Waals surface area contributed by atoms with Crippen molar-refractivity contribution in [2.24, 2.45) is 11.7 Å². The Balaban J connectivity index is 1.41. The van der Waals surface area contributed by atoms with Crippen LogP contribution in [0.1, 0.15) is 25.0 Å². The quantitative estimate of drug-likeness (QED) is 0.716. The monoisotopic (exact) mass is 402 g/mol. The van der Waals surface area contributed by atoms with Gasteiger partial charge in [0.15, 0.2) is 6.61 Å². The maximum absolute atomic E-state index is 13.8. The van der Waals surface area contributed by atoms with Gasteiger partial charge in [0.25, 0.3) is 5.91 Å². The van der Waals surface area contributed by atoms with Crippen molar-refractivity contribution in [2.75, 3.05) is 19.7 Å². The van der Waals surface area contributed by atoms with Crippen LogP contribution in [0.2, 0.25) is 0 Å². The molecule has 2 aromatic rings. The summed E-state index contributed by atoms with van der Waals surface area (Å²) in [5, 5.41) is 0. The average molecular weight is 402 g/mol. The van der Waals surface area contributed by atoms with E-state index in [1.165, 1.54) is 6.07 Å². The lowest BCUT2D eigenvalue weighted by molar-refractivity contribution is -0.152. The fourth-order valence-corrected chi connectivity index (χ4v) is 3.26. The van der Waals surface area contributed by atoms with E-state index in [1.807, 2.05) is 0 Å². The van der Waals surface area contributed by atoms with E-state index in [2.05, 4.69) is 0 Å². The summed E-state index contributed by atoms with van der Waals surface area (Å²) in [6.45, 7) is 0.517. The van der Waals surface area contributed by atoms with E-state index in [0.29, 0.717) is 43.0 Å². The van der Waals surface area contributed by atoms with Crippen molar-refractivity contribution in [3.05, 3.63) is 48.0 Å². The topological polar surface area (TPSA) is 103 Å². The molecule has 1 aliphatic heterocycles. The average Bonchev–Trinajstić information content (AvgIpc) is 3.19. The molecule has 1 saturated heterocycles. The van der Waals surface area contributed by atoms with Crippen LogP contribution >= 0.6 is 0 Å². The van der Waals surface area contributed by atoms with Crippen LogP contribution < -0.4 is 5.73 Å². The van der Waals surface area contributed by atoms with Crippen molar-refractivity contribution in [3.8, 4) is 11.3 Å². The Hall–Kier alpha value is -3.16. The van der Waals surface area contributed by atoms with Crippen LogP contribution in [0.15, 0.2) is 40.8 Å².